The lowest BCUT2D eigenvalue weighted by molar-refractivity contribution is -0.136. The largest absolute Gasteiger partial charge is 0.507 e. The maximum Gasteiger partial charge on any atom is 0.303 e. The number of benzene rings is 2. The van der Waals surface area contributed by atoms with Crippen molar-refractivity contribution in [2.75, 3.05) is 0 Å². The first-order chi connectivity index (χ1) is 9.90. The lowest BCUT2D eigenvalue weighted by atomic mass is 9.96. The number of carbonyl (C=O) groups is 1. The molecule has 110 valence electrons. The van der Waals surface area contributed by atoms with Crippen LogP contribution >= 0.6 is 11.6 Å². The summed E-state index contributed by atoms with van der Waals surface area (Å²) in [5.41, 5.74) is 2.18. The van der Waals surface area contributed by atoms with Crippen molar-refractivity contribution in [2.24, 2.45) is 0 Å². The summed E-state index contributed by atoms with van der Waals surface area (Å²) in [5, 5.41) is 18.6. The van der Waals surface area contributed by atoms with E-state index in [4.69, 9.17) is 16.7 Å². The van der Waals surface area contributed by atoms with E-state index in [9.17, 15) is 14.3 Å². The van der Waals surface area contributed by atoms with Gasteiger partial charge in [0, 0.05) is 12.0 Å². The number of carboxylic acids is 1. The Bertz CT molecular complexity index is 678. The third-order valence-electron chi connectivity index (χ3n) is 3.25. The number of aromatic hydroxyl groups is 1. The maximum absolute atomic E-state index is 14.0. The Morgan fingerprint density at radius 1 is 1.33 bits per heavy atom. The monoisotopic (exact) mass is 308 g/mol. The second kappa shape index (κ2) is 6.14. The molecule has 0 saturated carbocycles. The van der Waals surface area contributed by atoms with Crippen molar-refractivity contribution in [1.82, 2.24) is 0 Å². The molecule has 0 atom stereocenters. The number of hydrogen-bond acceptors (Lipinski definition) is 2. The van der Waals surface area contributed by atoms with Crippen molar-refractivity contribution in [3.05, 3.63) is 52.3 Å². The van der Waals surface area contributed by atoms with E-state index in [1.54, 1.807) is 6.07 Å². The highest BCUT2D eigenvalue weighted by Gasteiger charge is 2.15. The molecule has 2 N–H and O–H groups in total. The highest BCUT2D eigenvalue weighted by molar-refractivity contribution is 6.31. The molecule has 0 aliphatic carbocycles. The van der Waals surface area contributed by atoms with Gasteiger partial charge in [0.2, 0.25) is 0 Å². The van der Waals surface area contributed by atoms with Gasteiger partial charge in [0.25, 0.3) is 0 Å². The van der Waals surface area contributed by atoms with E-state index in [1.165, 1.54) is 18.2 Å². The molecule has 21 heavy (non-hydrogen) atoms. The summed E-state index contributed by atoms with van der Waals surface area (Å²) in [6.07, 6.45) is -0.141. The summed E-state index contributed by atoms with van der Waals surface area (Å²) in [7, 11) is 0. The molecule has 0 spiro atoms. The van der Waals surface area contributed by atoms with E-state index < -0.39 is 11.8 Å². The van der Waals surface area contributed by atoms with E-state index >= 15 is 0 Å². The second-order valence-electron chi connectivity index (χ2n) is 4.79. The summed E-state index contributed by atoms with van der Waals surface area (Å²) in [6, 6.07) is 8.04. The molecule has 0 bridgehead atoms. The Labute approximate surface area is 126 Å². The molecule has 2 rings (SSSR count). The van der Waals surface area contributed by atoms with Crippen molar-refractivity contribution in [2.45, 2.75) is 19.8 Å². The first-order valence-electron chi connectivity index (χ1n) is 6.39. The smallest absolute Gasteiger partial charge is 0.303 e. The number of aliphatic carboxylic acids is 1. The quantitative estimate of drug-likeness (QED) is 0.891. The molecule has 0 radical (unpaired) electrons. The van der Waals surface area contributed by atoms with Gasteiger partial charge in [-0.05, 0) is 48.2 Å². The van der Waals surface area contributed by atoms with Crippen molar-refractivity contribution in [1.29, 1.82) is 0 Å². The van der Waals surface area contributed by atoms with Gasteiger partial charge in [0.15, 0.2) is 0 Å². The highest BCUT2D eigenvalue weighted by atomic mass is 35.5. The van der Waals surface area contributed by atoms with Crippen LogP contribution in [0.3, 0.4) is 0 Å². The van der Waals surface area contributed by atoms with Crippen LogP contribution in [-0.2, 0) is 11.2 Å². The van der Waals surface area contributed by atoms with Crippen molar-refractivity contribution >= 4 is 17.6 Å². The van der Waals surface area contributed by atoms with E-state index in [2.05, 4.69) is 0 Å². The molecule has 2 aromatic carbocycles. The number of rotatable bonds is 4. The Morgan fingerprint density at radius 3 is 2.67 bits per heavy atom. The lowest BCUT2D eigenvalue weighted by Gasteiger charge is -2.12. The summed E-state index contributed by atoms with van der Waals surface area (Å²) < 4.78 is 14.0. The van der Waals surface area contributed by atoms with Gasteiger partial charge in [-0.3, -0.25) is 4.79 Å². The van der Waals surface area contributed by atoms with Crippen LogP contribution < -0.4 is 0 Å². The SMILES string of the molecule is Cc1cccc(O)c1-c1cc(Cl)c(F)c(CCC(=O)O)c1. The first-order valence-corrected chi connectivity index (χ1v) is 6.76. The summed E-state index contributed by atoms with van der Waals surface area (Å²) >= 11 is 5.88. The maximum atomic E-state index is 14.0. The zero-order valence-electron chi connectivity index (χ0n) is 11.4. The number of aryl methyl sites for hydroxylation is 2. The number of halogens is 2. The zero-order chi connectivity index (χ0) is 15.6. The Morgan fingerprint density at radius 2 is 2.05 bits per heavy atom. The highest BCUT2D eigenvalue weighted by Crippen LogP contribution is 2.35. The second-order valence-corrected chi connectivity index (χ2v) is 5.20. The molecule has 3 nitrogen and oxygen atoms in total. The van der Waals surface area contributed by atoms with Gasteiger partial charge in [0.05, 0.1) is 5.02 Å². The van der Waals surface area contributed by atoms with Gasteiger partial charge < -0.3 is 10.2 Å². The van der Waals surface area contributed by atoms with Crippen LogP contribution in [0.5, 0.6) is 5.75 Å². The van der Waals surface area contributed by atoms with Crippen LogP contribution in [0.2, 0.25) is 5.02 Å². The van der Waals surface area contributed by atoms with Crippen LogP contribution in [0.15, 0.2) is 30.3 Å². The molecule has 0 heterocycles. The first kappa shape index (κ1) is 15.3. The van der Waals surface area contributed by atoms with E-state index in [-0.39, 0.29) is 29.2 Å². The molecule has 0 aliphatic rings. The van der Waals surface area contributed by atoms with E-state index in [0.29, 0.717) is 11.1 Å². The number of phenolic OH excluding ortho intramolecular Hbond substituents is 1. The average Bonchev–Trinajstić information content (AvgIpc) is 2.40. The molecule has 0 saturated heterocycles. The topological polar surface area (TPSA) is 57.5 Å². The third kappa shape index (κ3) is 3.34. The fourth-order valence-electron chi connectivity index (χ4n) is 2.24. The molecular weight excluding hydrogens is 295 g/mol. The lowest BCUT2D eigenvalue weighted by Crippen LogP contribution is -2.00. The third-order valence-corrected chi connectivity index (χ3v) is 3.53. The van der Waals surface area contributed by atoms with Gasteiger partial charge in [-0.15, -0.1) is 0 Å². The minimum atomic E-state index is -1.00. The van der Waals surface area contributed by atoms with E-state index in [1.807, 2.05) is 13.0 Å². The molecule has 0 fully saturated rings. The molecule has 2 aromatic rings. The van der Waals surface area contributed by atoms with Crippen molar-refractivity contribution < 1.29 is 19.4 Å². The normalized spacial score (nSPS) is 10.6. The zero-order valence-corrected chi connectivity index (χ0v) is 12.1. The Hall–Kier alpha value is -2.07. The molecule has 0 aromatic heterocycles. The molecule has 0 amide bonds. The molecule has 0 aliphatic heterocycles. The summed E-state index contributed by atoms with van der Waals surface area (Å²) in [5.74, 6) is -1.55. The van der Waals surface area contributed by atoms with Crippen molar-refractivity contribution in [3.63, 3.8) is 0 Å². The number of carboxylic acid groups (broad SMARTS) is 1. The average molecular weight is 309 g/mol. The van der Waals surface area contributed by atoms with Crippen LogP contribution in [0, 0.1) is 12.7 Å². The van der Waals surface area contributed by atoms with Crippen LogP contribution in [0.4, 0.5) is 4.39 Å². The fourth-order valence-corrected chi connectivity index (χ4v) is 2.48. The molecular formula is C16H14ClFO3. The summed E-state index contributed by atoms with van der Waals surface area (Å²) in [4.78, 5) is 10.6. The molecule has 0 unspecified atom stereocenters. The standard InChI is InChI=1S/C16H14ClFO3/c1-9-3-2-4-13(19)15(9)11-7-10(5-6-14(20)21)16(18)12(17)8-11/h2-4,7-8,19H,5-6H2,1H3,(H,20,21). The van der Waals surface area contributed by atoms with E-state index in [0.717, 1.165) is 5.56 Å². The Kier molecular flexibility index (Phi) is 4.48. The van der Waals surface area contributed by atoms with Gasteiger partial charge in [-0.1, -0.05) is 23.7 Å². The van der Waals surface area contributed by atoms with Gasteiger partial charge in [0.1, 0.15) is 11.6 Å². The molecule has 5 heteroatoms. The van der Waals surface area contributed by atoms with Gasteiger partial charge in [-0.25, -0.2) is 4.39 Å². The van der Waals surface area contributed by atoms with Gasteiger partial charge >= 0.3 is 5.97 Å². The van der Waals surface area contributed by atoms with Crippen molar-refractivity contribution in [3.8, 4) is 16.9 Å². The predicted octanol–water partition coefficient (Wildman–Crippen LogP) is 4.18. The fraction of sp³-hybridized carbons (Fsp3) is 0.188. The van der Waals surface area contributed by atoms with Crippen LogP contribution in [0.1, 0.15) is 17.5 Å². The van der Waals surface area contributed by atoms with Gasteiger partial charge in [-0.2, -0.15) is 0 Å². The van der Waals surface area contributed by atoms with Crippen LogP contribution in [0.25, 0.3) is 11.1 Å². The Balaban J connectivity index is 2.53. The van der Waals surface area contributed by atoms with Crippen LogP contribution in [-0.4, -0.2) is 16.2 Å². The predicted molar refractivity (Wildman–Crippen MR) is 79.2 cm³/mol. The number of phenols is 1. The minimum absolute atomic E-state index is 0.0430. The minimum Gasteiger partial charge on any atom is -0.507 e. The number of hydrogen-bond donors (Lipinski definition) is 2. The summed E-state index contributed by atoms with van der Waals surface area (Å²) in [6.45, 7) is 1.82.